The van der Waals surface area contributed by atoms with E-state index in [2.05, 4.69) is 10.3 Å². The molecular weight excluding hydrogens is 404 g/mol. The third-order valence-corrected chi connectivity index (χ3v) is 5.74. The normalized spacial score (nSPS) is 10.8. The maximum atomic E-state index is 12.8. The summed E-state index contributed by atoms with van der Waals surface area (Å²) in [6.07, 6.45) is 1.34. The predicted molar refractivity (Wildman–Crippen MR) is 116 cm³/mol. The Balaban J connectivity index is 1.59. The van der Waals surface area contributed by atoms with Crippen molar-refractivity contribution in [2.45, 2.75) is 13.5 Å². The van der Waals surface area contributed by atoms with E-state index in [0.717, 1.165) is 10.4 Å². The number of nitrogens with zero attached hydrogens (tertiary/aromatic N) is 3. The molecule has 0 spiro atoms. The molecule has 0 saturated heterocycles. The third-order valence-electron chi connectivity index (χ3n) is 4.58. The summed E-state index contributed by atoms with van der Waals surface area (Å²) in [7, 11) is 0. The van der Waals surface area contributed by atoms with E-state index >= 15 is 0 Å². The van der Waals surface area contributed by atoms with E-state index in [0.29, 0.717) is 21.5 Å². The van der Waals surface area contributed by atoms with E-state index in [4.69, 9.17) is 0 Å². The van der Waals surface area contributed by atoms with E-state index in [1.807, 2.05) is 36.4 Å². The van der Waals surface area contributed by atoms with Gasteiger partial charge in [0.25, 0.3) is 11.2 Å². The lowest BCUT2D eigenvalue weighted by atomic mass is 10.2. The number of non-ortho nitro benzene ring substituents is 1. The maximum absolute atomic E-state index is 12.8. The molecule has 1 N–H and O–H groups in total. The fraction of sp³-hybridized carbons (Fsp3) is 0.0952. The van der Waals surface area contributed by atoms with E-state index < -0.39 is 10.8 Å². The summed E-state index contributed by atoms with van der Waals surface area (Å²) in [5.74, 6) is -0.471. The monoisotopic (exact) mass is 420 g/mol. The smallest absolute Gasteiger partial charge is 0.271 e. The zero-order valence-electron chi connectivity index (χ0n) is 15.9. The van der Waals surface area contributed by atoms with Crippen molar-refractivity contribution >= 4 is 38.8 Å². The van der Waals surface area contributed by atoms with Crippen LogP contribution in [0.5, 0.6) is 0 Å². The van der Waals surface area contributed by atoms with E-state index in [-0.39, 0.29) is 17.8 Å². The molecule has 0 aliphatic rings. The lowest BCUT2D eigenvalue weighted by Gasteiger charge is -2.09. The highest BCUT2D eigenvalue weighted by atomic mass is 32.1. The van der Waals surface area contributed by atoms with Gasteiger partial charge >= 0.3 is 0 Å². The Kier molecular flexibility index (Phi) is 5.11. The highest BCUT2D eigenvalue weighted by Gasteiger charge is 2.14. The van der Waals surface area contributed by atoms with Crippen LogP contribution >= 0.6 is 11.3 Å². The molecule has 0 radical (unpaired) electrons. The van der Waals surface area contributed by atoms with Gasteiger partial charge in [0.05, 0.1) is 22.5 Å². The van der Waals surface area contributed by atoms with Crippen molar-refractivity contribution in [1.82, 2.24) is 9.55 Å². The molecule has 9 heteroatoms. The molecule has 0 saturated carbocycles. The van der Waals surface area contributed by atoms with Crippen molar-refractivity contribution in [3.63, 3.8) is 0 Å². The van der Waals surface area contributed by atoms with Gasteiger partial charge in [-0.3, -0.25) is 24.3 Å². The molecule has 0 unspecified atom stereocenters. The van der Waals surface area contributed by atoms with Gasteiger partial charge in [-0.05, 0) is 24.1 Å². The number of hydrogen-bond acceptors (Lipinski definition) is 6. The van der Waals surface area contributed by atoms with Gasteiger partial charge in [0.15, 0.2) is 0 Å². The van der Waals surface area contributed by atoms with Gasteiger partial charge < -0.3 is 5.32 Å². The summed E-state index contributed by atoms with van der Waals surface area (Å²) < 4.78 is 1.70. The number of thiophene rings is 1. The molecule has 0 aliphatic heterocycles. The number of benzene rings is 2. The number of carbonyl (C=O) groups is 1. The van der Waals surface area contributed by atoms with Crippen molar-refractivity contribution in [2.75, 3.05) is 5.32 Å². The number of fused-ring (bicyclic) bond motifs is 1. The summed E-state index contributed by atoms with van der Waals surface area (Å²) in [4.78, 5) is 41.0. The summed E-state index contributed by atoms with van der Waals surface area (Å²) in [6, 6.07) is 15.8. The molecule has 0 atom stereocenters. The van der Waals surface area contributed by atoms with Crippen molar-refractivity contribution in [3.8, 4) is 10.4 Å². The zero-order valence-corrected chi connectivity index (χ0v) is 16.7. The Labute approximate surface area is 174 Å². The maximum Gasteiger partial charge on any atom is 0.271 e. The second-order valence-corrected chi connectivity index (χ2v) is 7.73. The van der Waals surface area contributed by atoms with Crippen LogP contribution in [0.2, 0.25) is 0 Å². The highest BCUT2D eigenvalue weighted by molar-refractivity contribution is 7.22. The SMILES string of the molecule is Cc1ccc([N+](=O)[O-])cc1NC(=O)Cn1cnc2cc(-c3ccccc3)sc2c1=O. The number of nitro groups is 1. The van der Waals surface area contributed by atoms with Crippen LogP contribution in [0.4, 0.5) is 11.4 Å². The van der Waals surface area contributed by atoms with Gasteiger partial charge in [-0.15, -0.1) is 11.3 Å². The number of hydrogen-bond donors (Lipinski definition) is 1. The van der Waals surface area contributed by atoms with Crippen LogP contribution in [0.25, 0.3) is 20.7 Å². The van der Waals surface area contributed by atoms with Gasteiger partial charge in [-0.2, -0.15) is 0 Å². The molecule has 2 aromatic carbocycles. The van der Waals surface area contributed by atoms with Crippen LogP contribution < -0.4 is 10.9 Å². The molecule has 1 amide bonds. The Hall–Kier alpha value is -3.85. The molecule has 30 heavy (non-hydrogen) atoms. The second kappa shape index (κ2) is 7.88. The van der Waals surface area contributed by atoms with Crippen molar-refractivity contribution in [2.24, 2.45) is 0 Å². The topological polar surface area (TPSA) is 107 Å². The molecule has 0 bridgehead atoms. The number of carbonyl (C=O) groups excluding carboxylic acids is 1. The summed E-state index contributed by atoms with van der Waals surface area (Å²) in [6.45, 7) is 1.48. The Morgan fingerprint density at radius 1 is 1.20 bits per heavy atom. The molecule has 0 fully saturated rings. The number of anilines is 1. The number of amides is 1. The minimum Gasteiger partial charge on any atom is -0.324 e. The minimum atomic E-state index is -0.529. The van der Waals surface area contributed by atoms with Crippen LogP contribution in [0, 0.1) is 17.0 Å². The molecular formula is C21H16N4O4S. The predicted octanol–water partition coefficient (Wildman–Crippen LogP) is 3.98. The average Bonchev–Trinajstić information content (AvgIpc) is 3.17. The molecule has 0 aliphatic carbocycles. The van der Waals surface area contributed by atoms with Crippen molar-refractivity contribution in [3.05, 3.63) is 87.0 Å². The molecule has 2 aromatic heterocycles. The molecule has 8 nitrogen and oxygen atoms in total. The minimum absolute atomic E-state index is 0.122. The summed E-state index contributed by atoms with van der Waals surface area (Å²) in [5, 5.41) is 13.6. The van der Waals surface area contributed by atoms with E-state index in [1.165, 1.54) is 34.4 Å². The lowest BCUT2D eigenvalue weighted by Crippen LogP contribution is -2.27. The number of aromatic nitrogens is 2. The standard InChI is InChI=1S/C21H16N4O4S/c1-13-7-8-15(25(28)29)9-16(13)23-19(26)11-24-12-22-17-10-18(30-20(17)21(24)27)14-5-3-2-4-6-14/h2-10,12H,11H2,1H3,(H,23,26). The first-order chi connectivity index (χ1) is 14.4. The lowest BCUT2D eigenvalue weighted by molar-refractivity contribution is -0.384. The van der Waals surface area contributed by atoms with Gasteiger partial charge in [-0.1, -0.05) is 36.4 Å². The molecule has 4 aromatic rings. The van der Waals surface area contributed by atoms with Crippen LogP contribution in [0.3, 0.4) is 0 Å². The van der Waals surface area contributed by atoms with Crippen LogP contribution in [-0.2, 0) is 11.3 Å². The summed E-state index contributed by atoms with van der Waals surface area (Å²) >= 11 is 1.33. The largest absolute Gasteiger partial charge is 0.324 e. The van der Waals surface area contributed by atoms with Gasteiger partial charge in [0.1, 0.15) is 11.2 Å². The fourth-order valence-electron chi connectivity index (χ4n) is 3.01. The summed E-state index contributed by atoms with van der Waals surface area (Å²) in [5.41, 5.74) is 2.15. The van der Waals surface area contributed by atoms with Gasteiger partial charge in [0.2, 0.25) is 5.91 Å². The third kappa shape index (κ3) is 3.83. The van der Waals surface area contributed by atoms with Crippen LogP contribution in [0.1, 0.15) is 5.56 Å². The first-order valence-corrected chi connectivity index (χ1v) is 9.83. The number of aryl methyl sites for hydroxylation is 1. The second-order valence-electron chi connectivity index (χ2n) is 6.67. The molecule has 150 valence electrons. The number of rotatable bonds is 5. The van der Waals surface area contributed by atoms with Crippen LogP contribution in [-0.4, -0.2) is 20.4 Å². The van der Waals surface area contributed by atoms with Crippen molar-refractivity contribution < 1.29 is 9.72 Å². The van der Waals surface area contributed by atoms with E-state index in [9.17, 15) is 19.7 Å². The number of nitro benzene ring substituents is 1. The van der Waals surface area contributed by atoms with Gasteiger partial charge in [0, 0.05) is 17.0 Å². The fourth-order valence-corrected chi connectivity index (χ4v) is 4.07. The quantitative estimate of drug-likeness (QED) is 0.388. The zero-order chi connectivity index (χ0) is 21.3. The Morgan fingerprint density at radius 2 is 1.97 bits per heavy atom. The highest BCUT2D eigenvalue weighted by Crippen LogP contribution is 2.30. The molecule has 2 heterocycles. The van der Waals surface area contributed by atoms with Crippen LogP contribution in [0.15, 0.2) is 65.7 Å². The van der Waals surface area contributed by atoms with Crippen molar-refractivity contribution in [1.29, 1.82) is 0 Å². The van der Waals surface area contributed by atoms with Gasteiger partial charge in [-0.25, -0.2) is 4.98 Å². The Bertz CT molecular complexity index is 1330. The Morgan fingerprint density at radius 3 is 2.70 bits per heavy atom. The molecule has 4 rings (SSSR count). The first kappa shape index (κ1) is 19.5. The first-order valence-electron chi connectivity index (χ1n) is 9.01. The number of nitrogens with one attached hydrogen (secondary N) is 1. The average molecular weight is 420 g/mol. The van der Waals surface area contributed by atoms with E-state index in [1.54, 1.807) is 13.0 Å².